The van der Waals surface area contributed by atoms with E-state index in [1.54, 1.807) is 19.4 Å². The highest BCUT2D eigenvalue weighted by atomic mass is 16.5. The van der Waals surface area contributed by atoms with Gasteiger partial charge in [-0.1, -0.05) is 26.0 Å². The van der Waals surface area contributed by atoms with Crippen molar-refractivity contribution in [1.29, 1.82) is 0 Å². The Balaban J connectivity index is 1.68. The van der Waals surface area contributed by atoms with Crippen LogP contribution in [0.1, 0.15) is 54.8 Å². The number of aromatic nitrogens is 3. The minimum absolute atomic E-state index is 0.217. The maximum absolute atomic E-state index is 13.8. The van der Waals surface area contributed by atoms with Gasteiger partial charge in [0.25, 0.3) is 5.56 Å². The van der Waals surface area contributed by atoms with Gasteiger partial charge in [0.15, 0.2) is 5.82 Å². The third kappa shape index (κ3) is 5.27. The van der Waals surface area contributed by atoms with Gasteiger partial charge in [0.05, 0.1) is 30.8 Å². The lowest BCUT2D eigenvalue weighted by Crippen LogP contribution is -2.21. The standard InChI is InChI=1S/C34H36N4O3/c1-8-41-32-17-22(4)30(19-29(32)21(2)3)33-36-31-12-10-9-11-28(31)34(39)38(33)35-20-25-18-23(5)37(24(25)6)26-13-15-27(40-7)16-14-26/h9-21H,8H2,1-7H3. The minimum Gasteiger partial charge on any atom is -0.497 e. The molecular weight excluding hydrogens is 512 g/mol. The van der Waals surface area contributed by atoms with Gasteiger partial charge in [-0.25, -0.2) is 4.98 Å². The molecule has 7 heteroatoms. The average Bonchev–Trinajstić information content (AvgIpc) is 3.25. The fraction of sp³-hybridized carbons (Fsp3) is 0.265. The summed E-state index contributed by atoms with van der Waals surface area (Å²) >= 11 is 0. The second-order valence-electron chi connectivity index (χ2n) is 10.5. The van der Waals surface area contributed by atoms with Crippen LogP contribution < -0.4 is 15.0 Å². The van der Waals surface area contributed by atoms with Gasteiger partial charge in [-0.2, -0.15) is 9.78 Å². The summed E-state index contributed by atoms with van der Waals surface area (Å²) in [6.45, 7) is 12.9. The Bertz CT molecular complexity index is 1810. The van der Waals surface area contributed by atoms with E-state index in [9.17, 15) is 4.79 Å². The van der Waals surface area contributed by atoms with E-state index in [1.165, 1.54) is 4.68 Å². The molecule has 0 bridgehead atoms. The van der Waals surface area contributed by atoms with E-state index in [2.05, 4.69) is 37.5 Å². The number of fused-ring (bicyclic) bond motifs is 1. The predicted molar refractivity (Wildman–Crippen MR) is 166 cm³/mol. The first-order chi connectivity index (χ1) is 19.7. The summed E-state index contributed by atoms with van der Waals surface area (Å²) in [4.78, 5) is 18.8. The Morgan fingerprint density at radius 1 is 1.00 bits per heavy atom. The van der Waals surface area contributed by atoms with Crippen molar-refractivity contribution in [3.63, 3.8) is 0 Å². The topological polar surface area (TPSA) is 70.6 Å². The predicted octanol–water partition coefficient (Wildman–Crippen LogP) is 7.19. The fourth-order valence-corrected chi connectivity index (χ4v) is 5.24. The number of aryl methyl sites for hydroxylation is 2. The molecule has 0 saturated carbocycles. The van der Waals surface area contributed by atoms with Crippen LogP contribution in [0.3, 0.4) is 0 Å². The molecule has 0 atom stereocenters. The van der Waals surface area contributed by atoms with Crippen molar-refractivity contribution < 1.29 is 9.47 Å². The molecule has 0 aliphatic carbocycles. The first-order valence-corrected chi connectivity index (χ1v) is 13.9. The van der Waals surface area contributed by atoms with Gasteiger partial charge in [-0.15, -0.1) is 0 Å². The Kier molecular flexibility index (Phi) is 7.79. The van der Waals surface area contributed by atoms with Gasteiger partial charge in [0, 0.05) is 28.2 Å². The number of hydrogen-bond donors (Lipinski definition) is 0. The number of nitrogens with zero attached hydrogens (tertiary/aromatic N) is 4. The van der Waals surface area contributed by atoms with Crippen LogP contribution in [0.25, 0.3) is 28.0 Å². The van der Waals surface area contributed by atoms with Gasteiger partial charge in [-0.05, 0) is 99.3 Å². The summed E-state index contributed by atoms with van der Waals surface area (Å²) in [5.41, 5.74) is 7.30. The lowest BCUT2D eigenvalue weighted by Gasteiger charge is -2.18. The van der Waals surface area contributed by atoms with Crippen molar-refractivity contribution in [2.45, 2.75) is 47.5 Å². The lowest BCUT2D eigenvalue weighted by atomic mass is 9.96. The number of rotatable bonds is 8. The molecule has 210 valence electrons. The Labute approximate surface area is 240 Å². The van der Waals surface area contributed by atoms with Gasteiger partial charge < -0.3 is 14.0 Å². The first-order valence-electron chi connectivity index (χ1n) is 13.9. The molecule has 0 fully saturated rings. The van der Waals surface area contributed by atoms with Crippen molar-refractivity contribution in [3.05, 3.63) is 105 Å². The van der Waals surface area contributed by atoms with Crippen LogP contribution in [0.4, 0.5) is 0 Å². The maximum Gasteiger partial charge on any atom is 0.282 e. The van der Waals surface area contributed by atoms with Crippen LogP contribution in [0.5, 0.6) is 11.5 Å². The van der Waals surface area contributed by atoms with Crippen molar-refractivity contribution in [1.82, 2.24) is 14.2 Å². The van der Waals surface area contributed by atoms with Crippen LogP contribution >= 0.6 is 0 Å². The maximum atomic E-state index is 13.8. The zero-order valence-corrected chi connectivity index (χ0v) is 24.7. The molecule has 5 aromatic rings. The number of methoxy groups -OCH3 is 1. The highest BCUT2D eigenvalue weighted by Gasteiger charge is 2.19. The average molecular weight is 549 g/mol. The van der Waals surface area contributed by atoms with Crippen LogP contribution in [-0.4, -0.2) is 34.2 Å². The zero-order chi connectivity index (χ0) is 29.3. The summed E-state index contributed by atoms with van der Waals surface area (Å²) in [7, 11) is 1.66. The smallest absolute Gasteiger partial charge is 0.282 e. The molecule has 0 aliphatic rings. The van der Waals surface area contributed by atoms with E-state index in [-0.39, 0.29) is 11.5 Å². The molecule has 0 N–H and O–H groups in total. The van der Waals surface area contributed by atoms with E-state index in [1.807, 2.05) is 69.3 Å². The van der Waals surface area contributed by atoms with E-state index >= 15 is 0 Å². The van der Waals surface area contributed by atoms with Gasteiger partial charge in [-0.3, -0.25) is 4.79 Å². The van der Waals surface area contributed by atoms with E-state index < -0.39 is 0 Å². The second kappa shape index (κ2) is 11.5. The van der Waals surface area contributed by atoms with Crippen molar-refractivity contribution >= 4 is 17.1 Å². The molecular formula is C34H36N4O3. The summed E-state index contributed by atoms with van der Waals surface area (Å²) < 4.78 is 14.9. The molecule has 3 aromatic carbocycles. The molecule has 0 unspecified atom stereocenters. The number of benzene rings is 3. The van der Waals surface area contributed by atoms with E-state index in [0.717, 1.165) is 50.8 Å². The highest BCUT2D eigenvalue weighted by molar-refractivity contribution is 5.84. The fourth-order valence-electron chi connectivity index (χ4n) is 5.24. The minimum atomic E-state index is -0.217. The molecule has 7 nitrogen and oxygen atoms in total. The summed E-state index contributed by atoms with van der Waals surface area (Å²) in [6, 6.07) is 21.5. The Morgan fingerprint density at radius 3 is 2.41 bits per heavy atom. The molecule has 0 aliphatic heterocycles. The van der Waals surface area contributed by atoms with E-state index in [4.69, 9.17) is 19.6 Å². The quantitative estimate of drug-likeness (QED) is 0.192. The second-order valence-corrected chi connectivity index (χ2v) is 10.5. The summed E-state index contributed by atoms with van der Waals surface area (Å²) in [6.07, 6.45) is 1.75. The van der Waals surface area contributed by atoms with E-state index in [0.29, 0.717) is 23.3 Å². The van der Waals surface area contributed by atoms with Crippen molar-refractivity contribution in [2.24, 2.45) is 5.10 Å². The van der Waals surface area contributed by atoms with Gasteiger partial charge in [0.2, 0.25) is 0 Å². The van der Waals surface area contributed by atoms with Crippen LogP contribution in [0, 0.1) is 20.8 Å². The van der Waals surface area contributed by atoms with Crippen LogP contribution in [-0.2, 0) is 0 Å². The number of ether oxygens (including phenoxy) is 2. The third-order valence-electron chi connectivity index (χ3n) is 7.39. The number of hydrogen-bond acceptors (Lipinski definition) is 5. The highest BCUT2D eigenvalue weighted by Crippen LogP contribution is 2.34. The molecule has 0 spiro atoms. The third-order valence-corrected chi connectivity index (χ3v) is 7.39. The van der Waals surface area contributed by atoms with Crippen LogP contribution in [0.15, 0.2) is 76.6 Å². The molecule has 0 amide bonds. The summed E-state index contributed by atoms with van der Waals surface area (Å²) in [5.74, 6) is 2.38. The summed E-state index contributed by atoms with van der Waals surface area (Å²) in [5, 5.41) is 5.28. The molecule has 5 rings (SSSR count). The normalized spacial score (nSPS) is 11.6. The number of para-hydroxylation sites is 1. The van der Waals surface area contributed by atoms with Gasteiger partial charge >= 0.3 is 0 Å². The Hall–Kier alpha value is -4.65. The van der Waals surface area contributed by atoms with Crippen molar-refractivity contribution in [3.8, 4) is 28.6 Å². The van der Waals surface area contributed by atoms with Gasteiger partial charge in [0.1, 0.15) is 11.5 Å². The Morgan fingerprint density at radius 2 is 1.73 bits per heavy atom. The van der Waals surface area contributed by atoms with Crippen LogP contribution in [0.2, 0.25) is 0 Å². The zero-order valence-electron chi connectivity index (χ0n) is 24.7. The lowest BCUT2D eigenvalue weighted by molar-refractivity contribution is 0.335. The monoisotopic (exact) mass is 548 g/mol. The molecule has 0 saturated heterocycles. The molecule has 2 heterocycles. The van der Waals surface area contributed by atoms with Crippen molar-refractivity contribution in [2.75, 3.05) is 13.7 Å². The SMILES string of the molecule is CCOc1cc(C)c(-c2nc3ccccc3c(=O)n2N=Cc2cc(C)n(-c3ccc(OC)cc3)c2C)cc1C(C)C. The molecule has 0 radical (unpaired) electrons. The molecule has 2 aromatic heterocycles. The first kappa shape index (κ1) is 27.9. The largest absolute Gasteiger partial charge is 0.497 e. The molecule has 41 heavy (non-hydrogen) atoms.